The maximum absolute atomic E-state index is 11.7. The molecule has 0 aliphatic rings. The number of nitrogens with two attached hydrogens (primary N) is 1. The predicted octanol–water partition coefficient (Wildman–Crippen LogP) is 1.44. The normalized spacial score (nSPS) is 14.2. The van der Waals surface area contributed by atoms with Crippen LogP contribution in [0, 0.1) is 5.92 Å². The summed E-state index contributed by atoms with van der Waals surface area (Å²) in [6, 6.07) is 1.02. The van der Waals surface area contributed by atoms with E-state index in [2.05, 4.69) is 15.3 Å². The third-order valence-corrected chi connectivity index (χ3v) is 2.62. The molecule has 5 nitrogen and oxygen atoms in total. The van der Waals surface area contributed by atoms with Crippen molar-refractivity contribution < 1.29 is 4.79 Å². The molecule has 1 aromatic rings. The Kier molecular flexibility index (Phi) is 4.64. The van der Waals surface area contributed by atoms with E-state index < -0.39 is 6.04 Å². The summed E-state index contributed by atoms with van der Waals surface area (Å²) in [5.41, 5.74) is 5.77. The molecule has 2 atom stereocenters. The van der Waals surface area contributed by atoms with Crippen molar-refractivity contribution in [3.63, 3.8) is 0 Å². The zero-order valence-corrected chi connectivity index (χ0v) is 10.0. The van der Waals surface area contributed by atoms with E-state index >= 15 is 0 Å². The Hall–Kier alpha value is -1.20. The SMILES string of the molecule is CCC(C)[C@H](N)C(=O)Nc1ccnc(Cl)n1. The minimum absolute atomic E-state index is 0.0925. The molecule has 0 aromatic carbocycles. The van der Waals surface area contributed by atoms with E-state index in [1.165, 1.54) is 6.20 Å². The lowest BCUT2D eigenvalue weighted by Gasteiger charge is -2.17. The van der Waals surface area contributed by atoms with Crippen LogP contribution in [0.2, 0.25) is 5.28 Å². The smallest absolute Gasteiger partial charge is 0.242 e. The molecular formula is C10H15ClN4O. The minimum Gasteiger partial charge on any atom is -0.320 e. The molecule has 0 radical (unpaired) electrons. The fourth-order valence-corrected chi connectivity index (χ4v) is 1.27. The number of halogens is 1. The summed E-state index contributed by atoms with van der Waals surface area (Å²) in [6.07, 6.45) is 2.32. The summed E-state index contributed by atoms with van der Waals surface area (Å²) in [5.74, 6) is 0.227. The molecule has 0 aliphatic heterocycles. The van der Waals surface area contributed by atoms with Crippen LogP contribution in [0.4, 0.5) is 5.82 Å². The summed E-state index contributed by atoms with van der Waals surface area (Å²) in [4.78, 5) is 19.2. The van der Waals surface area contributed by atoms with Crippen LogP contribution in [0.15, 0.2) is 12.3 Å². The van der Waals surface area contributed by atoms with Gasteiger partial charge in [0.1, 0.15) is 5.82 Å². The van der Waals surface area contributed by atoms with Gasteiger partial charge < -0.3 is 11.1 Å². The van der Waals surface area contributed by atoms with Gasteiger partial charge in [-0.2, -0.15) is 0 Å². The first kappa shape index (κ1) is 12.9. The first-order valence-electron chi connectivity index (χ1n) is 5.09. The molecule has 6 heteroatoms. The topological polar surface area (TPSA) is 80.9 Å². The van der Waals surface area contributed by atoms with Crippen molar-refractivity contribution in [3.05, 3.63) is 17.5 Å². The van der Waals surface area contributed by atoms with E-state index in [9.17, 15) is 4.79 Å². The second-order valence-electron chi connectivity index (χ2n) is 3.61. The third kappa shape index (κ3) is 3.43. The average Bonchev–Trinajstić information content (AvgIpc) is 2.27. The van der Waals surface area contributed by atoms with Gasteiger partial charge in [-0.05, 0) is 23.6 Å². The Balaban J connectivity index is 2.64. The Labute approximate surface area is 99.4 Å². The highest BCUT2D eigenvalue weighted by atomic mass is 35.5. The molecule has 0 saturated carbocycles. The Morgan fingerprint density at radius 1 is 1.69 bits per heavy atom. The second kappa shape index (κ2) is 5.77. The zero-order chi connectivity index (χ0) is 12.1. The number of hydrogen-bond donors (Lipinski definition) is 2. The molecule has 0 fully saturated rings. The van der Waals surface area contributed by atoms with Gasteiger partial charge in [-0.3, -0.25) is 4.79 Å². The first-order valence-corrected chi connectivity index (χ1v) is 5.47. The molecule has 16 heavy (non-hydrogen) atoms. The maximum Gasteiger partial charge on any atom is 0.242 e. The lowest BCUT2D eigenvalue weighted by molar-refractivity contribution is -0.118. The Morgan fingerprint density at radius 2 is 2.38 bits per heavy atom. The highest BCUT2D eigenvalue weighted by molar-refractivity contribution is 6.28. The molecule has 88 valence electrons. The van der Waals surface area contributed by atoms with Crippen LogP contribution < -0.4 is 11.1 Å². The van der Waals surface area contributed by atoms with Gasteiger partial charge in [0.25, 0.3) is 0 Å². The molecule has 3 N–H and O–H groups in total. The monoisotopic (exact) mass is 242 g/mol. The number of nitrogens with zero attached hydrogens (tertiary/aromatic N) is 2. The van der Waals surface area contributed by atoms with Gasteiger partial charge in [0, 0.05) is 6.20 Å². The first-order chi connectivity index (χ1) is 7.54. The number of hydrogen-bond acceptors (Lipinski definition) is 4. The van der Waals surface area contributed by atoms with E-state index in [1.807, 2.05) is 13.8 Å². The van der Waals surface area contributed by atoms with Gasteiger partial charge in [-0.25, -0.2) is 9.97 Å². The van der Waals surface area contributed by atoms with Crippen LogP contribution in [0.3, 0.4) is 0 Å². The summed E-state index contributed by atoms with van der Waals surface area (Å²) >= 11 is 5.59. The number of rotatable bonds is 4. The lowest BCUT2D eigenvalue weighted by atomic mass is 9.99. The summed E-state index contributed by atoms with van der Waals surface area (Å²) in [7, 11) is 0. The van der Waals surface area contributed by atoms with Crippen molar-refractivity contribution in [3.8, 4) is 0 Å². The number of anilines is 1. The Bertz CT molecular complexity index is 372. The van der Waals surface area contributed by atoms with Crippen LogP contribution in [0.1, 0.15) is 20.3 Å². The van der Waals surface area contributed by atoms with Gasteiger partial charge in [0.2, 0.25) is 11.2 Å². The Morgan fingerprint density at radius 3 is 2.94 bits per heavy atom. The van der Waals surface area contributed by atoms with Gasteiger partial charge in [-0.15, -0.1) is 0 Å². The standard InChI is InChI=1S/C10H15ClN4O/c1-3-6(2)8(12)9(16)14-7-4-5-13-10(11)15-7/h4-6,8H,3,12H2,1-2H3,(H,13,14,15,16)/t6?,8-/m0/s1. The number of carbonyl (C=O) groups excluding carboxylic acids is 1. The van der Waals surface area contributed by atoms with Crippen LogP contribution in [0.25, 0.3) is 0 Å². The fraction of sp³-hybridized carbons (Fsp3) is 0.500. The van der Waals surface area contributed by atoms with Crippen molar-refractivity contribution in [2.75, 3.05) is 5.32 Å². The van der Waals surface area contributed by atoms with E-state index in [4.69, 9.17) is 17.3 Å². The number of amides is 1. The molecule has 0 aliphatic carbocycles. The van der Waals surface area contributed by atoms with Crippen molar-refractivity contribution in [2.45, 2.75) is 26.3 Å². The summed E-state index contributed by atoms with van der Waals surface area (Å²) < 4.78 is 0. The lowest BCUT2D eigenvalue weighted by Crippen LogP contribution is -2.40. The number of nitrogens with one attached hydrogen (secondary N) is 1. The maximum atomic E-state index is 11.7. The van der Waals surface area contributed by atoms with Crippen LogP contribution >= 0.6 is 11.6 Å². The van der Waals surface area contributed by atoms with Crippen LogP contribution in [-0.2, 0) is 4.79 Å². The molecule has 1 heterocycles. The minimum atomic E-state index is -0.543. The van der Waals surface area contributed by atoms with Gasteiger partial charge in [0.15, 0.2) is 0 Å². The van der Waals surface area contributed by atoms with Gasteiger partial charge in [-0.1, -0.05) is 20.3 Å². The van der Waals surface area contributed by atoms with E-state index in [-0.39, 0.29) is 17.1 Å². The average molecular weight is 243 g/mol. The number of carbonyl (C=O) groups is 1. The molecule has 0 bridgehead atoms. The zero-order valence-electron chi connectivity index (χ0n) is 9.27. The summed E-state index contributed by atoms with van der Waals surface area (Å²) in [5, 5.41) is 2.69. The molecule has 0 spiro atoms. The molecule has 1 rings (SSSR count). The quantitative estimate of drug-likeness (QED) is 0.783. The highest BCUT2D eigenvalue weighted by Crippen LogP contribution is 2.09. The second-order valence-corrected chi connectivity index (χ2v) is 3.95. The summed E-state index contributed by atoms with van der Waals surface area (Å²) in [6.45, 7) is 3.91. The molecule has 1 amide bonds. The fourth-order valence-electron chi connectivity index (χ4n) is 1.13. The van der Waals surface area contributed by atoms with Gasteiger partial charge >= 0.3 is 0 Å². The van der Waals surface area contributed by atoms with Crippen molar-refractivity contribution >= 4 is 23.3 Å². The predicted molar refractivity (Wildman–Crippen MR) is 63.1 cm³/mol. The van der Waals surface area contributed by atoms with Gasteiger partial charge in [0.05, 0.1) is 6.04 Å². The van der Waals surface area contributed by atoms with Crippen molar-refractivity contribution in [2.24, 2.45) is 11.7 Å². The van der Waals surface area contributed by atoms with E-state index in [1.54, 1.807) is 6.07 Å². The van der Waals surface area contributed by atoms with Crippen molar-refractivity contribution in [1.29, 1.82) is 0 Å². The van der Waals surface area contributed by atoms with Crippen LogP contribution in [-0.4, -0.2) is 21.9 Å². The van der Waals surface area contributed by atoms with E-state index in [0.29, 0.717) is 5.82 Å². The largest absolute Gasteiger partial charge is 0.320 e. The molecule has 0 saturated heterocycles. The third-order valence-electron chi connectivity index (χ3n) is 2.44. The van der Waals surface area contributed by atoms with E-state index in [0.717, 1.165) is 6.42 Å². The molecule has 1 aromatic heterocycles. The van der Waals surface area contributed by atoms with Crippen molar-refractivity contribution in [1.82, 2.24) is 9.97 Å². The highest BCUT2D eigenvalue weighted by Gasteiger charge is 2.19. The molecule has 1 unspecified atom stereocenters. The molecular weight excluding hydrogens is 228 g/mol. The van der Waals surface area contributed by atoms with Crippen LogP contribution in [0.5, 0.6) is 0 Å². The number of aromatic nitrogens is 2.